The summed E-state index contributed by atoms with van der Waals surface area (Å²) in [7, 11) is 0. The van der Waals surface area contributed by atoms with E-state index in [1.54, 1.807) is 30.3 Å². The highest BCUT2D eigenvalue weighted by Gasteiger charge is 2.21. The van der Waals surface area contributed by atoms with Crippen LogP contribution < -0.4 is 5.32 Å². The highest BCUT2D eigenvalue weighted by atomic mass is 16.5. The molecule has 0 aliphatic heterocycles. The largest absolute Gasteiger partial charge is 0.479 e. The molecule has 0 radical (unpaired) electrons. The fourth-order valence-electron chi connectivity index (χ4n) is 2.25. The maximum Gasteiger partial charge on any atom is 0.330 e. The summed E-state index contributed by atoms with van der Waals surface area (Å²) in [4.78, 5) is 23.2. The summed E-state index contributed by atoms with van der Waals surface area (Å²) in [6.45, 7) is 6.50. The number of hydrogen-bond acceptors (Lipinski definition) is 3. The van der Waals surface area contributed by atoms with E-state index in [4.69, 9.17) is 4.74 Å². The Morgan fingerprint density at radius 3 is 2.36 bits per heavy atom. The predicted octanol–water partition coefficient (Wildman–Crippen LogP) is 2.77. The molecule has 22 heavy (non-hydrogen) atoms. The maximum atomic E-state index is 11.9. The lowest BCUT2D eigenvalue weighted by Crippen LogP contribution is -2.34. The molecule has 5 heteroatoms. The topological polar surface area (TPSA) is 75.6 Å². The van der Waals surface area contributed by atoms with E-state index in [2.05, 4.69) is 19.2 Å². The Morgan fingerprint density at radius 2 is 1.82 bits per heavy atom. The van der Waals surface area contributed by atoms with Gasteiger partial charge in [-0.25, -0.2) is 4.79 Å². The number of hydrogen-bond donors (Lipinski definition) is 2. The van der Waals surface area contributed by atoms with Crippen molar-refractivity contribution < 1.29 is 19.4 Å². The van der Waals surface area contributed by atoms with Crippen LogP contribution >= 0.6 is 0 Å². The van der Waals surface area contributed by atoms with Crippen molar-refractivity contribution >= 4 is 11.9 Å². The van der Waals surface area contributed by atoms with Crippen LogP contribution in [0, 0.1) is 5.92 Å². The second-order valence-corrected chi connectivity index (χ2v) is 5.81. The van der Waals surface area contributed by atoms with Crippen molar-refractivity contribution in [1.29, 1.82) is 0 Å². The third-order valence-electron chi connectivity index (χ3n) is 3.22. The number of rotatable bonds is 9. The maximum absolute atomic E-state index is 11.9. The molecule has 2 N–H and O–H groups in total. The van der Waals surface area contributed by atoms with Crippen LogP contribution in [0.25, 0.3) is 0 Å². The molecule has 1 aromatic carbocycles. The number of ether oxygens (including phenoxy) is 1. The molecule has 0 bridgehead atoms. The summed E-state index contributed by atoms with van der Waals surface area (Å²) >= 11 is 0. The number of carboxylic acid groups (broad SMARTS) is 1. The van der Waals surface area contributed by atoms with Crippen molar-refractivity contribution in [3.05, 3.63) is 35.9 Å². The molecular weight excluding hydrogens is 282 g/mol. The number of aliphatic carboxylic acids is 1. The van der Waals surface area contributed by atoms with Gasteiger partial charge in [-0.1, -0.05) is 44.2 Å². The molecule has 1 amide bonds. The zero-order valence-electron chi connectivity index (χ0n) is 13.4. The van der Waals surface area contributed by atoms with Gasteiger partial charge < -0.3 is 15.2 Å². The van der Waals surface area contributed by atoms with Crippen molar-refractivity contribution in [2.75, 3.05) is 6.61 Å². The molecule has 0 saturated heterocycles. The third-order valence-corrected chi connectivity index (χ3v) is 3.22. The van der Waals surface area contributed by atoms with Crippen LogP contribution in [0.2, 0.25) is 0 Å². The van der Waals surface area contributed by atoms with E-state index in [0.717, 1.165) is 6.42 Å². The monoisotopic (exact) mass is 307 g/mol. The molecule has 1 unspecified atom stereocenters. The Bertz CT molecular complexity index is 473. The van der Waals surface area contributed by atoms with Crippen LogP contribution in [-0.4, -0.2) is 29.7 Å². The molecule has 0 fully saturated rings. The van der Waals surface area contributed by atoms with Gasteiger partial charge in [-0.3, -0.25) is 4.79 Å². The molecule has 0 aliphatic rings. The van der Waals surface area contributed by atoms with Gasteiger partial charge in [0.2, 0.25) is 5.91 Å². The summed E-state index contributed by atoms with van der Waals surface area (Å²) < 4.78 is 5.56. The normalized spacial score (nSPS) is 13.6. The van der Waals surface area contributed by atoms with Crippen molar-refractivity contribution in [1.82, 2.24) is 5.32 Å². The molecule has 0 heterocycles. The van der Waals surface area contributed by atoms with Gasteiger partial charge >= 0.3 is 5.97 Å². The zero-order chi connectivity index (χ0) is 16.5. The fraction of sp³-hybridized carbons (Fsp3) is 0.529. The van der Waals surface area contributed by atoms with Crippen molar-refractivity contribution in [3.63, 3.8) is 0 Å². The second-order valence-electron chi connectivity index (χ2n) is 5.81. The number of carboxylic acids is 1. The van der Waals surface area contributed by atoms with E-state index in [-0.39, 0.29) is 18.4 Å². The summed E-state index contributed by atoms with van der Waals surface area (Å²) in [5.41, 5.74) is 0.553. The Labute approximate surface area is 131 Å². The minimum absolute atomic E-state index is 0.0946. The summed E-state index contributed by atoms with van der Waals surface area (Å²) in [6.07, 6.45) is 1.18. The molecule has 2 atom stereocenters. The molecule has 1 rings (SSSR count). The van der Waals surface area contributed by atoms with Gasteiger partial charge in [0.05, 0.1) is 19.1 Å². The average Bonchev–Trinajstić information content (AvgIpc) is 2.44. The number of amides is 1. The Morgan fingerprint density at radius 1 is 1.18 bits per heavy atom. The molecule has 122 valence electrons. The number of carbonyl (C=O) groups excluding carboxylic acids is 1. The second kappa shape index (κ2) is 9.20. The lowest BCUT2D eigenvalue weighted by molar-refractivity contribution is -0.142. The van der Waals surface area contributed by atoms with E-state index < -0.39 is 12.0 Å². The van der Waals surface area contributed by atoms with Crippen LogP contribution in [-0.2, 0) is 14.3 Å². The number of carbonyl (C=O) groups is 2. The predicted molar refractivity (Wildman–Crippen MR) is 84.4 cm³/mol. The van der Waals surface area contributed by atoms with E-state index >= 15 is 0 Å². The minimum Gasteiger partial charge on any atom is -0.479 e. The summed E-state index contributed by atoms with van der Waals surface area (Å²) in [5, 5.41) is 11.8. The van der Waals surface area contributed by atoms with Crippen LogP contribution in [0.3, 0.4) is 0 Å². The molecule has 0 aliphatic carbocycles. The lowest BCUT2D eigenvalue weighted by Gasteiger charge is -2.17. The standard InChI is InChI=1S/C17H25NO4/c1-12(2)11-13(3)22-10-9-15(19)18-16(17(20)21)14-7-5-4-6-8-14/h4-8,12-13,16H,9-11H2,1-3H3,(H,18,19)(H,20,21)/t13?,16-/m0/s1. The zero-order valence-corrected chi connectivity index (χ0v) is 13.4. The van der Waals surface area contributed by atoms with Crippen LogP contribution in [0.4, 0.5) is 0 Å². The third kappa shape index (κ3) is 6.72. The molecule has 5 nitrogen and oxygen atoms in total. The fourth-order valence-corrected chi connectivity index (χ4v) is 2.25. The van der Waals surface area contributed by atoms with E-state index in [1.165, 1.54) is 0 Å². The summed E-state index contributed by atoms with van der Waals surface area (Å²) in [5.74, 6) is -0.861. The highest BCUT2D eigenvalue weighted by molar-refractivity contribution is 5.84. The quantitative estimate of drug-likeness (QED) is 0.735. The average molecular weight is 307 g/mol. The molecule has 0 aromatic heterocycles. The van der Waals surface area contributed by atoms with E-state index in [9.17, 15) is 14.7 Å². The van der Waals surface area contributed by atoms with Gasteiger partial charge in [-0.05, 0) is 24.8 Å². The first-order chi connectivity index (χ1) is 10.4. The SMILES string of the molecule is CC(C)CC(C)OCCC(=O)N[C@H](C(=O)O)c1ccccc1. The molecule has 1 aromatic rings. The molecule has 0 spiro atoms. The number of benzene rings is 1. The first-order valence-corrected chi connectivity index (χ1v) is 7.59. The smallest absolute Gasteiger partial charge is 0.330 e. The minimum atomic E-state index is -1.08. The first kappa shape index (κ1) is 18.2. The van der Waals surface area contributed by atoms with E-state index in [0.29, 0.717) is 18.1 Å². The van der Waals surface area contributed by atoms with Crippen LogP contribution in [0.15, 0.2) is 30.3 Å². The summed E-state index contributed by atoms with van der Waals surface area (Å²) in [6, 6.07) is 7.62. The van der Waals surface area contributed by atoms with Gasteiger partial charge in [-0.2, -0.15) is 0 Å². The molecule has 0 saturated carbocycles. The Balaban J connectivity index is 2.43. The van der Waals surface area contributed by atoms with Crippen molar-refractivity contribution in [2.24, 2.45) is 5.92 Å². The van der Waals surface area contributed by atoms with Gasteiger partial charge in [0.15, 0.2) is 6.04 Å². The van der Waals surface area contributed by atoms with Gasteiger partial charge in [0, 0.05) is 0 Å². The number of nitrogens with one attached hydrogen (secondary N) is 1. The van der Waals surface area contributed by atoms with Crippen LogP contribution in [0.1, 0.15) is 45.2 Å². The lowest BCUT2D eigenvalue weighted by atomic mass is 10.1. The van der Waals surface area contributed by atoms with Crippen molar-refractivity contribution in [3.8, 4) is 0 Å². The Hall–Kier alpha value is -1.88. The molecular formula is C17H25NO4. The highest BCUT2D eigenvalue weighted by Crippen LogP contribution is 2.13. The van der Waals surface area contributed by atoms with Gasteiger partial charge in [0.1, 0.15) is 0 Å². The van der Waals surface area contributed by atoms with Gasteiger partial charge in [-0.15, -0.1) is 0 Å². The van der Waals surface area contributed by atoms with Gasteiger partial charge in [0.25, 0.3) is 0 Å². The van der Waals surface area contributed by atoms with Crippen molar-refractivity contribution in [2.45, 2.75) is 45.8 Å². The van der Waals surface area contributed by atoms with E-state index in [1.807, 2.05) is 6.92 Å². The first-order valence-electron chi connectivity index (χ1n) is 7.59. The Kier molecular flexibility index (Phi) is 7.60. The van der Waals surface area contributed by atoms with Crippen LogP contribution in [0.5, 0.6) is 0 Å².